The van der Waals surface area contributed by atoms with Gasteiger partial charge in [0.25, 0.3) is 0 Å². The van der Waals surface area contributed by atoms with E-state index in [0.717, 1.165) is 34.8 Å². The minimum Gasteiger partial charge on any atom is -0.0808 e. The number of rotatable bonds is 5. The SMILES string of the molecule is CCC1CCCCC1C(C)[Si@@](C)(c1ccccc1)[C@H]1CCC2C=CC=CC21. The van der Waals surface area contributed by atoms with E-state index < -0.39 is 8.07 Å². The van der Waals surface area contributed by atoms with E-state index in [4.69, 9.17) is 0 Å². The molecule has 1 aromatic rings. The summed E-state index contributed by atoms with van der Waals surface area (Å²) in [5, 5.41) is 1.73. The first-order valence-corrected chi connectivity index (χ1v) is 14.2. The molecule has 0 nitrogen and oxygen atoms in total. The van der Waals surface area contributed by atoms with Gasteiger partial charge in [0.1, 0.15) is 0 Å². The Kier molecular flexibility index (Phi) is 5.78. The highest BCUT2D eigenvalue weighted by Crippen LogP contribution is 2.55. The lowest BCUT2D eigenvalue weighted by atomic mass is 9.76. The van der Waals surface area contributed by atoms with Crippen molar-refractivity contribution >= 4 is 13.3 Å². The van der Waals surface area contributed by atoms with Crippen LogP contribution < -0.4 is 5.19 Å². The second-order valence-corrected chi connectivity index (χ2v) is 14.5. The molecule has 0 N–H and O–H groups in total. The highest BCUT2D eigenvalue weighted by molar-refractivity contribution is 6.93. The quantitative estimate of drug-likeness (QED) is 0.479. The van der Waals surface area contributed by atoms with Gasteiger partial charge in [-0.3, -0.25) is 0 Å². The summed E-state index contributed by atoms with van der Waals surface area (Å²) in [4.78, 5) is 0. The Morgan fingerprint density at radius 3 is 2.48 bits per heavy atom. The van der Waals surface area contributed by atoms with Gasteiger partial charge >= 0.3 is 0 Å². The van der Waals surface area contributed by atoms with Crippen molar-refractivity contribution in [3.05, 3.63) is 54.6 Å². The molecule has 0 heterocycles. The molecule has 3 aliphatic carbocycles. The maximum atomic E-state index is 2.77. The fourth-order valence-corrected chi connectivity index (χ4v) is 12.9. The molecule has 0 bridgehead atoms. The highest BCUT2D eigenvalue weighted by atomic mass is 28.3. The fourth-order valence-electron chi connectivity index (χ4n) is 7.11. The van der Waals surface area contributed by atoms with Crippen molar-refractivity contribution in [1.82, 2.24) is 0 Å². The van der Waals surface area contributed by atoms with Gasteiger partial charge in [0, 0.05) is 0 Å². The fraction of sp³-hybridized carbons (Fsp3) is 0.615. The molecule has 27 heavy (non-hydrogen) atoms. The third-order valence-electron chi connectivity index (χ3n) is 8.82. The summed E-state index contributed by atoms with van der Waals surface area (Å²) >= 11 is 0. The number of fused-ring (bicyclic) bond motifs is 1. The van der Waals surface area contributed by atoms with Crippen LogP contribution in [0.15, 0.2) is 54.6 Å². The first kappa shape index (κ1) is 19.2. The zero-order chi connectivity index (χ0) is 18.9. The van der Waals surface area contributed by atoms with Gasteiger partial charge in [-0.1, -0.05) is 119 Å². The molecular weight excluding hydrogens is 340 g/mol. The molecule has 7 atom stereocenters. The molecule has 0 spiro atoms. The lowest BCUT2D eigenvalue weighted by Gasteiger charge is -2.48. The summed E-state index contributed by atoms with van der Waals surface area (Å²) in [7, 11) is -1.63. The first-order chi connectivity index (χ1) is 13.2. The van der Waals surface area contributed by atoms with Crippen molar-refractivity contribution in [2.45, 2.75) is 76.4 Å². The van der Waals surface area contributed by atoms with Crippen molar-refractivity contribution in [3.63, 3.8) is 0 Å². The van der Waals surface area contributed by atoms with Crippen molar-refractivity contribution in [2.75, 3.05) is 0 Å². The van der Waals surface area contributed by atoms with Gasteiger partial charge < -0.3 is 0 Å². The highest BCUT2D eigenvalue weighted by Gasteiger charge is 2.52. The van der Waals surface area contributed by atoms with Crippen LogP contribution >= 0.6 is 0 Å². The van der Waals surface area contributed by atoms with Gasteiger partial charge in [0.05, 0.1) is 8.07 Å². The first-order valence-electron chi connectivity index (χ1n) is 11.6. The van der Waals surface area contributed by atoms with Crippen LogP contribution in [-0.4, -0.2) is 8.07 Å². The van der Waals surface area contributed by atoms with Crippen LogP contribution in [0.25, 0.3) is 0 Å². The van der Waals surface area contributed by atoms with Gasteiger partial charge in [0.2, 0.25) is 0 Å². The van der Waals surface area contributed by atoms with Crippen LogP contribution in [0, 0.1) is 23.7 Å². The maximum absolute atomic E-state index is 2.77. The molecule has 4 rings (SSSR count). The average Bonchev–Trinajstić information content (AvgIpc) is 3.18. The molecule has 2 fully saturated rings. The topological polar surface area (TPSA) is 0 Å². The zero-order valence-electron chi connectivity index (χ0n) is 17.6. The van der Waals surface area contributed by atoms with Crippen molar-refractivity contribution in [1.29, 1.82) is 0 Å². The molecule has 0 aliphatic heterocycles. The van der Waals surface area contributed by atoms with Gasteiger partial charge in [-0.15, -0.1) is 0 Å². The van der Waals surface area contributed by atoms with E-state index in [1.165, 1.54) is 44.9 Å². The summed E-state index contributed by atoms with van der Waals surface area (Å²) in [5.41, 5.74) is 1.79. The maximum Gasteiger partial charge on any atom is 0.0903 e. The molecule has 0 radical (unpaired) electrons. The predicted octanol–water partition coefficient (Wildman–Crippen LogP) is 7.10. The molecule has 146 valence electrons. The standard InChI is InChI=1S/C26H38Si/c1-4-21-12-8-10-16-24(21)20(2)27(3,23-14-6-5-7-15-23)26-19-18-22-13-9-11-17-25(22)26/h5-7,9,11,13-15,17,20-22,24-26H,4,8,10,12,16,18-19H2,1-3H3/t20?,21?,22?,24?,25?,26-,27-/m0/s1. The van der Waals surface area contributed by atoms with Gasteiger partial charge in [0.15, 0.2) is 0 Å². The van der Waals surface area contributed by atoms with Gasteiger partial charge in [-0.25, -0.2) is 0 Å². The van der Waals surface area contributed by atoms with Gasteiger partial charge in [-0.2, -0.15) is 0 Å². The third kappa shape index (κ3) is 3.41. The van der Waals surface area contributed by atoms with E-state index in [1.807, 2.05) is 0 Å². The van der Waals surface area contributed by atoms with E-state index in [1.54, 1.807) is 5.19 Å². The Labute approximate surface area is 168 Å². The van der Waals surface area contributed by atoms with Crippen LogP contribution in [0.5, 0.6) is 0 Å². The Bertz CT molecular complexity index is 675. The molecule has 1 aromatic carbocycles. The summed E-state index contributed by atoms with van der Waals surface area (Å²) in [6.45, 7) is 7.89. The predicted molar refractivity (Wildman–Crippen MR) is 121 cm³/mol. The molecule has 0 aromatic heterocycles. The molecule has 2 saturated carbocycles. The smallest absolute Gasteiger partial charge is 0.0808 e. The normalized spacial score (nSPS) is 36.2. The monoisotopic (exact) mass is 378 g/mol. The molecule has 0 amide bonds. The Morgan fingerprint density at radius 1 is 0.963 bits per heavy atom. The van der Waals surface area contributed by atoms with Crippen LogP contribution in [0.1, 0.15) is 58.8 Å². The lowest BCUT2D eigenvalue weighted by molar-refractivity contribution is 0.220. The Balaban J connectivity index is 1.73. The summed E-state index contributed by atoms with van der Waals surface area (Å²) in [6.07, 6.45) is 19.8. The minimum atomic E-state index is -1.63. The third-order valence-corrected chi connectivity index (χ3v) is 14.9. The second-order valence-electron chi connectivity index (χ2n) is 9.75. The Hall–Kier alpha value is -1.08. The van der Waals surface area contributed by atoms with E-state index in [2.05, 4.69) is 75.0 Å². The summed E-state index contributed by atoms with van der Waals surface area (Å²) in [5.74, 6) is 3.50. The van der Waals surface area contributed by atoms with Crippen LogP contribution in [0.4, 0.5) is 0 Å². The minimum absolute atomic E-state index is 0.790. The lowest BCUT2D eigenvalue weighted by Crippen LogP contribution is -2.56. The summed E-state index contributed by atoms with van der Waals surface area (Å²) in [6, 6.07) is 11.8. The molecule has 5 unspecified atom stereocenters. The largest absolute Gasteiger partial charge is 0.0903 e. The Morgan fingerprint density at radius 2 is 1.70 bits per heavy atom. The van der Waals surface area contributed by atoms with E-state index >= 15 is 0 Å². The van der Waals surface area contributed by atoms with E-state index in [-0.39, 0.29) is 0 Å². The molecular formula is C26H38Si. The van der Waals surface area contributed by atoms with Crippen molar-refractivity contribution < 1.29 is 0 Å². The average molecular weight is 379 g/mol. The van der Waals surface area contributed by atoms with Crippen molar-refractivity contribution in [2.24, 2.45) is 23.7 Å². The zero-order valence-corrected chi connectivity index (χ0v) is 18.6. The van der Waals surface area contributed by atoms with Crippen molar-refractivity contribution in [3.8, 4) is 0 Å². The van der Waals surface area contributed by atoms with E-state index in [9.17, 15) is 0 Å². The van der Waals surface area contributed by atoms with Crippen LogP contribution in [-0.2, 0) is 0 Å². The summed E-state index contributed by atoms with van der Waals surface area (Å²) < 4.78 is 0. The second kappa shape index (κ2) is 8.11. The molecule has 3 aliphatic rings. The molecule has 1 heteroatoms. The number of hydrogen-bond acceptors (Lipinski definition) is 0. The number of benzene rings is 1. The van der Waals surface area contributed by atoms with Crippen LogP contribution in [0.3, 0.4) is 0 Å². The number of hydrogen-bond donors (Lipinski definition) is 0. The van der Waals surface area contributed by atoms with Crippen LogP contribution in [0.2, 0.25) is 17.6 Å². The molecule has 0 saturated heterocycles. The van der Waals surface area contributed by atoms with E-state index in [0.29, 0.717) is 0 Å². The van der Waals surface area contributed by atoms with Gasteiger partial charge in [-0.05, 0) is 41.2 Å². The number of allylic oxidation sites excluding steroid dienone is 4.